The highest BCUT2D eigenvalue weighted by atomic mass is 35.5. The maximum atomic E-state index is 13.6. The second-order valence-electron chi connectivity index (χ2n) is 10.1. The predicted octanol–water partition coefficient (Wildman–Crippen LogP) is 1.31. The molecule has 158 valence electrons. The Hall–Kier alpha value is -0.850. The SMILES string of the molecule is Cl.O=C(NCC1CNCC1O)C1CCCN1C(=O)C12CC3CC(CC(C3)C1)C2. The molecular weight excluding hydrogens is 378 g/mol. The van der Waals surface area contributed by atoms with E-state index in [0.717, 1.165) is 62.9 Å². The molecule has 3 N–H and O–H groups in total. The molecule has 3 unspecified atom stereocenters. The van der Waals surface area contributed by atoms with Crippen LogP contribution in [0.5, 0.6) is 0 Å². The van der Waals surface area contributed by atoms with Crippen molar-refractivity contribution in [2.45, 2.75) is 63.5 Å². The third kappa shape index (κ3) is 3.46. The lowest BCUT2D eigenvalue weighted by Crippen LogP contribution is -2.57. The molecule has 2 heterocycles. The molecule has 0 aromatic heterocycles. The van der Waals surface area contributed by atoms with E-state index in [1.165, 1.54) is 19.3 Å². The van der Waals surface area contributed by atoms with Gasteiger partial charge < -0.3 is 20.6 Å². The Labute approximate surface area is 173 Å². The number of hydrogen-bond acceptors (Lipinski definition) is 4. The zero-order chi connectivity index (χ0) is 18.6. The molecule has 7 heteroatoms. The highest BCUT2D eigenvalue weighted by Gasteiger charge is 2.56. The molecule has 4 bridgehead atoms. The Balaban J connectivity index is 0.00000192. The van der Waals surface area contributed by atoms with Gasteiger partial charge in [-0.1, -0.05) is 0 Å². The molecule has 0 aromatic carbocycles. The number of aliphatic hydroxyl groups is 1. The summed E-state index contributed by atoms with van der Waals surface area (Å²) in [5.74, 6) is 2.55. The minimum absolute atomic E-state index is 0. The van der Waals surface area contributed by atoms with Gasteiger partial charge in [-0.3, -0.25) is 9.59 Å². The van der Waals surface area contributed by atoms with Crippen LogP contribution in [0, 0.1) is 29.1 Å². The predicted molar refractivity (Wildman–Crippen MR) is 108 cm³/mol. The second-order valence-corrected chi connectivity index (χ2v) is 10.1. The van der Waals surface area contributed by atoms with Crippen LogP contribution in [-0.2, 0) is 9.59 Å². The van der Waals surface area contributed by atoms with Crippen molar-refractivity contribution in [2.75, 3.05) is 26.2 Å². The van der Waals surface area contributed by atoms with Crippen molar-refractivity contribution in [2.24, 2.45) is 29.1 Å². The average Bonchev–Trinajstić information content (AvgIpc) is 3.27. The van der Waals surface area contributed by atoms with E-state index < -0.39 is 6.10 Å². The number of hydrogen-bond donors (Lipinski definition) is 3. The van der Waals surface area contributed by atoms with E-state index in [1.54, 1.807) is 0 Å². The Bertz CT molecular complexity index is 593. The van der Waals surface area contributed by atoms with Gasteiger partial charge in [-0.05, 0) is 69.1 Å². The van der Waals surface area contributed by atoms with Crippen LogP contribution < -0.4 is 10.6 Å². The zero-order valence-corrected chi connectivity index (χ0v) is 17.4. The van der Waals surface area contributed by atoms with Crippen LogP contribution in [0.2, 0.25) is 0 Å². The van der Waals surface area contributed by atoms with E-state index in [2.05, 4.69) is 10.6 Å². The van der Waals surface area contributed by atoms with Crippen molar-refractivity contribution in [3.05, 3.63) is 0 Å². The van der Waals surface area contributed by atoms with E-state index in [4.69, 9.17) is 0 Å². The quantitative estimate of drug-likeness (QED) is 0.651. The number of nitrogens with one attached hydrogen (secondary N) is 2. The normalized spacial score (nSPS) is 43.8. The van der Waals surface area contributed by atoms with Crippen molar-refractivity contribution in [1.82, 2.24) is 15.5 Å². The second kappa shape index (κ2) is 7.77. The van der Waals surface area contributed by atoms with Crippen molar-refractivity contribution >= 4 is 24.2 Å². The maximum Gasteiger partial charge on any atom is 0.242 e. The highest BCUT2D eigenvalue weighted by molar-refractivity contribution is 5.91. The first-order valence-electron chi connectivity index (χ1n) is 11.0. The minimum Gasteiger partial charge on any atom is -0.391 e. The fourth-order valence-electron chi connectivity index (χ4n) is 7.24. The first-order valence-corrected chi connectivity index (χ1v) is 11.0. The van der Waals surface area contributed by atoms with Crippen molar-refractivity contribution in [3.63, 3.8) is 0 Å². The number of aliphatic hydroxyl groups excluding tert-OH is 1. The molecule has 28 heavy (non-hydrogen) atoms. The monoisotopic (exact) mass is 411 g/mol. The molecule has 0 aromatic rings. The molecule has 4 saturated carbocycles. The third-order valence-electron chi connectivity index (χ3n) is 8.15. The van der Waals surface area contributed by atoms with Crippen LogP contribution >= 0.6 is 12.4 Å². The number of nitrogens with zero attached hydrogens (tertiary/aromatic N) is 1. The summed E-state index contributed by atoms with van der Waals surface area (Å²) in [5, 5.41) is 16.1. The van der Waals surface area contributed by atoms with Gasteiger partial charge in [-0.2, -0.15) is 0 Å². The van der Waals surface area contributed by atoms with Gasteiger partial charge in [0, 0.05) is 32.1 Å². The van der Waals surface area contributed by atoms with Gasteiger partial charge in [0.15, 0.2) is 0 Å². The summed E-state index contributed by atoms with van der Waals surface area (Å²) in [6.45, 7) is 2.55. The lowest BCUT2D eigenvalue weighted by atomic mass is 9.49. The summed E-state index contributed by atoms with van der Waals surface area (Å²) in [6.07, 6.45) is 8.46. The molecule has 6 fully saturated rings. The van der Waals surface area contributed by atoms with E-state index in [9.17, 15) is 14.7 Å². The smallest absolute Gasteiger partial charge is 0.242 e. The fourth-order valence-corrected chi connectivity index (χ4v) is 7.24. The molecule has 4 aliphatic carbocycles. The lowest BCUT2D eigenvalue weighted by molar-refractivity contribution is -0.160. The number of likely N-dealkylation sites (tertiary alicyclic amines) is 1. The molecule has 0 radical (unpaired) electrons. The van der Waals surface area contributed by atoms with Crippen LogP contribution in [-0.4, -0.2) is 60.1 Å². The van der Waals surface area contributed by atoms with Gasteiger partial charge in [-0.15, -0.1) is 12.4 Å². The van der Waals surface area contributed by atoms with Crippen LogP contribution in [0.3, 0.4) is 0 Å². The zero-order valence-electron chi connectivity index (χ0n) is 16.6. The van der Waals surface area contributed by atoms with Crippen molar-refractivity contribution < 1.29 is 14.7 Å². The third-order valence-corrected chi connectivity index (χ3v) is 8.15. The molecule has 3 atom stereocenters. The summed E-state index contributed by atoms with van der Waals surface area (Å²) >= 11 is 0. The standard InChI is InChI=1S/C21H33N3O3.ClH/c25-18-12-22-10-16(18)11-23-19(26)17-2-1-3-24(17)20(27)21-7-13-4-14(8-21)6-15(5-13)9-21;/h13-18,22,25H,1-12H2,(H,23,26);1H. The van der Waals surface area contributed by atoms with Gasteiger partial charge in [0.2, 0.25) is 11.8 Å². The number of rotatable bonds is 4. The van der Waals surface area contributed by atoms with Gasteiger partial charge in [0.1, 0.15) is 6.04 Å². The summed E-state index contributed by atoms with van der Waals surface area (Å²) < 4.78 is 0. The van der Waals surface area contributed by atoms with Crippen LogP contribution in [0.1, 0.15) is 51.4 Å². The summed E-state index contributed by atoms with van der Waals surface area (Å²) in [7, 11) is 0. The maximum absolute atomic E-state index is 13.6. The Morgan fingerprint density at radius 1 is 1.07 bits per heavy atom. The molecular formula is C21H34ClN3O3. The van der Waals surface area contributed by atoms with Gasteiger partial charge in [0.05, 0.1) is 11.5 Å². The molecule has 6 nitrogen and oxygen atoms in total. The Morgan fingerprint density at radius 3 is 2.29 bits per heavy atom. The van der Waals surface area contributed by atoms with E-state index >= 15 is 0 Å². The van der Waals surface area contributed by atoms with Crippen molar-refractivity contribution in [1.29, 1.82) is 0 Å². The Kier molecular flexibility index (Phi) is 5.66. The van der Waals surface area contributed by atoms with Gasteiger partial charge in [0.25, 0.3) is 0 Å². The summed E-state index contributed by atoms with van der Waals surface area (Å²) in [4.78, 5) is 28.4. The number of halogens is 1. The lowest BCUT2D eigenvalue weighted by Gasteiger charge is -2.56. The van der Waals surface area contributed by atoms with E-state index in [0.29, 0.717) is 13.1 Å². The summed E-state index contributed by atoms with van der Waals surface area (Å²) in [5.41, 5.74) is -0.164. The Morgan fingerprint density at radius 2 is 1.71 bits per heavy atom. The number of carbonyl (C=O) groups is 2. The molecule has 6 rings (SSSR count). The first kappa shape index (κ1) is 20.4. The van der Waals surface area contributed by atoms with Crippen LogP contribution in [0.25, 0.3) is 0 Å². The van der Waals surface area contributed by atoms with Crippen molar-refractivity contribution in [3.8, 4) is 0 Å². The molecule has 2 amide bonds. The average molecular weight is 412 g/mol. The van der Waals surface area contributed by atoms with Crippen LogP contribution in [0.15, 0.2) is 0 Å². The van der Waals surface area contributed by atoms with Crippen LogP contribution in [0.4, 0.5) is 0 Å². The molecule has 6 aliphatic rings. The van der Waals surface area contributed by atoms with E-state index in [-0.39, 0.29) is 41.6 Å². The first-order chi connectivity index (χ1) is 13.0. The number of β-amino-alcohol motifs (C(OH)–C–C–N with tert-alkyl or cyclic N) is 1. The molecule has 0 spiro atoms. The fraction of sp³-hybridized carbons (Fsp3) is 0.905. The molecule has 2 saturated heterocycles. The topological polar surface area (TPSA) is 81.7 Å². The molecule has 2 aliphatic heterocycles. The summed E-state index contributed by atoms with van der Waals surface area (Å²) in [6, 6.07) is -0.308. The number of amides is 2. The van der Waals surface area contributed by atoms with Gasteiger partial charge in [-0.25, -0.2) is 0 Å². The minimum atomic E-state index is -0.390. The van der Waals surface area contributed by atoms with E-state index in [1.807, 2.05) is 4.90 Å². The largest absolute Gasteiger partial charge is 0.391 e. The van der Waals surface area contributed by atoms with Gasteiger partial charge >= 0.3 is 0 Å². The highest BCUT2D eigenvalue weighted by Crippen LogP contribution is 2.60. The number of carbonyl (C=O) groups excluding carboxylic acids is 2.